The molecule has 14 heteroatoms. The van der Waals surface area contributed by atoms with Crippen LogP contribution in [-0.4, -0.2) is 68.8 Å². The smallest absolute Gasteiger partial charge is 0.416 e. The van der Waals surface area contributed by atoms with Gasteiger partial charge in [0.2, 0.25) is 5.91 Å². The van der Waals surface area contributed by atoms with Crippen molar-refractivity contribution < 1.29 is 23.9 Å². The van der Waals surface area contributed by atoms with Gasteiger partial charge in [0.1, 0.15) is 33.8 Å². The minimum Gasteiger partial charge on any atom is -0.443 e. The Morgan fingerprint density at radius 2 is 1.98 bits per heavy atom. The van der Waals surface area contributed by atoms with Gasteiger partial charge in [-0.25, -0.2) is 14.8 Å². The number of halogens is 1. The molecule has 1 fully saturated rings. The zero-order valence-corrected chi connectivity index (χ0v) is 24.2. The molecule has 0 bridgehead atoms. The number of amides is 3. The second-order valence-electron chi connectivity index (χ2n) is 11.2. The second-order valence-corrected chi connectivity index (χ2v) is 11.5. The zero-order chi connectivity index (χ0) is 29.5. The van der Waals surface area contributed by atoms with Crippen LogP contribution in [0.3, 0.4) is 0 Å². The molecule has 2 aliphatic heterocycles. The maximum Gasteiger partial charge on any atom is 0.416 e. The van der Waals surface area contributed by atoms with Crippen LogP contribution in [0, 0.1) is 0 Å². The number of carbonyl (C=O) groups excluding carboxylic acids is 3. The Hall–Kier alpha value is -3.97. The molecule has 0 aliphatic carbocycles. The van der Waals surface area contributed by atoms with E-state index in [1.807, 2.05) is 0 Å². The monoisotopic (exact) mass is 584 g/mol. The highest BCUT2D eigenvalue weighted by molar-refractivity contribution is 6.31. The predicted octanol–water partition coefficient (Wildman–Crippen LogP) is 3.12. The quantitative estimate of drug-likeness (QED) is 0.398. The van der Waals surface area contributed by atoms with E-state index in [1.165, 1.54) is 15.6 Å². The van der Waals surface area contributed by atoms with Crippen molar-refractivity contribution in [2.24, 2.45) is 0 Å². The Morgan fingerprint density at radius 1 is 1.20 bits per heavy atom. The summed E-state index contributed by atoms with van der Waals surface area (Å²) < 4.78 is 12.8. The maximum atomic E-state index is 13.2. The van der Waals surface area contributed by atoms with Crippen LogP contribution in [0.1, 0.15) is 62.0 Å². The number of hydrogen-bond donors (Lipinski definition) is 2. The summed E-state index contributed by atoms with van der Waals surface area (Å²) in [6.45, 7) is 8.59. The first-order valence-electron chi connectivity index (χ1n) is 13.4. The fourth-order valence-corrected chi connectivity index (χ4v) is 5.12. The van der Waals surface area contributed by atoms with Crippen molar-refractivity contribution in [2.45, 2.75) is 65.2 Å². The summed E-state index contributed by atoms with van der Waals surface area (Å²) >= 11 is 6.47. The molecule has 3 N–H and O–H groups in total. The molecule has 3 aromatic heterocycles. The number of aromatic nitrogens is 4. The maximum absolute atomic E-state index is 13.2. The van der Waals surface area contributed by atoms with E-state index in [9.17, 15) is 14.4 Å². The molecule has 5 rings (SSSR count). The molecule has 3 aromatic rings. The zero-order valence-electron chi connectivity index (χ0n) is 23.4. The number of carbonyl (C=O) groups is 3. The van der Waals surface area contributed by atoms with Crippen LogP contribution in [0.2, 0.25) is 5.15 Å². The average Bonchev–Trinajstić information content (AvgIpc) is 3.60. The molecule has 3 amide bonds. The van der Waals surface area contributed by atoms with Crippen LogP contribution in [0.25, 0.3) is 5.65 Å². The van der Waals surface area contributed by atoms with E-state index in [4.69, 9.17) is 26.8 Å². The first kappa shape index (κ1) is 28.6. The summed E-state index contributed by atoms with van der Waals surface area (Å²) in [7, 11) is 0. The molecule has 13 nitrogen and oxygen atoms in total. The number of nitrogens with zero attached hydrogens (tertiary/aromatic N) is 6. The summed E-state index contributed by atoms with van der Waals surface area (Å²) in [6, 6.07) is 3.12. The fourth-order valence-electron chi connectivity index (χ4n) is 4.86. The van der Waals surface area contributed by atoms with Crippen LogP contribution in [0.15, 0.2) is 18.3 Å². The van der Waals surface area contributed by atoms with Crippen LogP contribution in [-0.2, 0) is 27.3 Å². The first-order valence-corrected chi connectivity index (χ1v) is 13.8. The van der Waals surface area contributed by atoms with Crippen LogP contribution in [0.4, 0.5) is 22.2 Å². The van der Waals surface area contributed by atoms with E-state index >= 15 is 0 Å². The van der Waals surface area contributed by atoms with Gasteiger partial charge in [0, 0.05) is 31.1 Å². The number of hydrogen-bond acceptors (Lipinski definition) is 9. The standard InChI is InChI=1S/C27H33ClN8O5/c1-15(13-40-14-16-10-19(29)32-20(11-16)34-8-5-6-21(34)37)31-24(38)18-12-30-36-23(18)33-22(28)17-7-9-35(25(17)36)26(39)41-27(2,3)4/h10-12,15H,5-9,13-14H2,1-4H3,(H2,29,32)(H,31,38)/t15-/m1/s1. The molecule has 1 saturated heterocycles. The third-order valence-corrected chi connectivity index (χ3v) is 6.94. The topological polar surface area (TPSA) is 157 Å². The lowest BCUT2D eigenvalue weighted by atomic mass is 10.2. The number of pyridine rings is 1. The highest BCUT2D eigenvalue weighted by Crippen LogP contribution is 2.34. The minimum atomic E-state index is -0.678. The van der Waals surface area contributed by atoms with Crippen molar-refractivity contribution in [1.82, 2.24) is 24.9 Å². The molecule has 41 heavy (non-hydrogen) atoms. The van der Waals surface area contributed by atoms with Gasteiger partial charge in [-0.15, -0.1) is 0 Å². The number of nitrogen functional groups attached to an aromatic ring is 1. The summed E-state index contributed by atoms with van der Waals surface area (Å²) in [5, 5.41) is 7.45. The van der Waals surface area contributed by atoms with Crippen LogP contribution in [0.5, 0.6) is 0 Å². The third kappa shape index (κ3) is 6.05. The Morgan fingerprint density at radius 3 is 2.68 bits per heavy atom. The van der Waals surface area contributed by atoms with Gasteiger partial charge in [-0.05, 0) is 58.2 Å². The van der Waals surface area contributed by atoms with Gasteiger partial charge in [-0.1, -0.05) is 11.6 Å². The summed E-state index contributed by atoms with van der Waals surface area (Å²) in [5.41, 5.74) is 7.15. The van der Waals surface area contributed by atoms with Crippen molar-refractivity contribution >= 4 is 52.6 Å². The van der Waals surface area contributed by atoms with E-state index < -0.39 is 17.6 Å². The van der Waals surface area contributed by atoms with E-state index in [0.29, 0.717) is 48.9 Å². The molecule has 2 aliphatic rings. The third-order valence-electron chi connectivity index (χ3n) is 6.62. The fraction of sp³-hybridized carbons (Fsp3) is 0.481. The average molecular weight is 585 g/mol. The largest absolute Gasteiger partial charge is 0.443 e. The van der Waals surface area contributed by atoms with Crippen molar-refractivity contribution in [3.8, 4) is 0 Å². The molecule has 0 saturated carbocycles. The SMILES string of the molecule is C[C@H](COCc1cc(N)nc(N2CCCC2=O)c1)NC(=O)c1cnn2c3c(c(Cl)nc12)CCN3C(=O)OC(C)(C)C. The molecule has 0 spiro atoms. The number of anilines is 3. The van der Waals surface area contributed by atoms with Gasteiger partial charge in [0.25, 0.3) is 5.91 Å². The van der Waals surface area contributed by atoms with Crippen molar-refractivity contribution in [3.63, 3.8) is 0 Å². The Bertz CT molecular complexity index is 1520. The lowest BCUT2D eigenvalue weighted by Crippen LogP contribution is -2.36. The van der Waals surface area contributed by atoms with Crippen LogP contribution >= 0.6 is 11.6 Å². The molecule has 0 aromatic carbocycles. The van der Waals surface area contributed by atoms with Gasteiger partial charge >= 0.3 is 6.09 Å². The first-order chi connectivity index (χ1) is 19.4. The summed E-state index contributed by atoms with van der Waals surface area (Å²) in [6.07, 6.45) is 2.65. The molecule has 0 unspecified atom stereocenters. The number of nitrogens with one attached hydrogen (secondary N) is 1. The van der Waals surface area contributed by atoms with Crippen molar-refractivity contribution in [1.29, 1.82) is 0 Å². The van der Waals surface area contributed by atoms with E-state index in [-0.39, 0.29) is 41.5 Å². The molecule has 0 radical (unpaired) electrons. The van der Waals surface area contributed by atoms with E-state index in [0.717, 1.165) is 12.0 Å². The van der Waals surface area contributed by atoms with Crippen LogP contribution < -0.4 is 20.9 Å². The predicted molar refractivity (Wildman–Crippen MR) is 152 cm³/mol. The summed E-state index contributed by atoms with van der Waals surface area (Å²) in [5.74, 6) is 0.875. The van der Waals surface area contributed by atoms with E-state index in [1.54, 1.807) is 44.7 Å². The number of rotatable bonds is 7. The van der Waals surface area contributed by atoms with Gasteiger partial charge in [0.15, 0.2) is 5.65 Å². The van der Waals surface area contributed by atoms with Gasteiger partial charge in [-0.3, -0.25) is 19.4 Å². The number of fused-ring (bicyclic) bond motifs is 3. The lowest BCUT2D eigenvalue weighted by Gasteiger charge is -2.24. The second kappa shape index (κ2) is 11.1. The molecular formula is C27H33ClN8O5. The number of ether oxygens (including phenoxy) is 2. The Labute approximate surface area is 241 Å². The van der Waals surface area contributed by atoms with Gasteiger partial charge in [0.05, 0.1) is 19.4 Å². The normalized spacial score (nSPS) is 15.9. The molecular weight excluding hydrogens is 552 g/mol. The highest BCUT2D eigenvalue weighted by Gasteiger charge is 2.34. The van der Waals surface area contributed by atoms with Crippen molar-refractivity contribution in [3.05, 3.63) is 40.2 Å². The van der Waals surface area contributed by atoms with Gasteiger partial charge in [-0.2, -0.15) is 9.61 Å². The molecule has 218 valence electrons. The minimum absolute atomic E-state index is 0.0253. The summed E-state index contributed by atoms with van der Waals surface area (Å²) in [4.78, 5) is 49.9. The number of nitrogens with two attached hydrogens (primary N) is 1. The highest BCUT2D eigenvalue weighted by atomic mass is 35.5. The Kier molecular flexibility index (Phi) is 7.75. The van der Waals surface area contributed by atoms with E-state index in [2.05, 4.69) is 20.4 Å². The lowest BCUT2D eigenvalue weighted by molar-refractivity contribution is -0.117. The molecule has 5 heterocycles. The van der Waals surface area contributed by atoms with Gasteiger partial charge < -0.3 is 20.5 Å². The van der Waals surface area contributed by atoms with Crippen molar-refractivity contribution in [2.75, 3.05) is 35.2 Å². The Balaban J connectivity index is 1.24. The molecule has 1 atom stereocenters.